The van der Waals surface area contributed by atoms with Crippen LogP contribution in [-0.4, -0.2) is 19.3 Å². The van der Waals surface area contributed by atoms with Crippen LogP contribution < -0.4 is 0 Å². The summed E-state index contributed by atoms with van der Waals surface area (Å²) in [5.41, 5.74) is 0. The topological polar surface area (TPSA) is 18.5 Å². The minimum absolute atomic E-state index is 0.172. The molecule has 1 aliphatic rings. The predicted octanol–water partition coefficient (Wildman–Crippen LogP) is 4.34. The summed E-state index contributed by atoms with van der Waals surface area (Å²) >= 11 is 5.93. The number of hydrogen-bond acceptors (Lipinski definition) is 2. The van der Waals surface area contributed by atoms with Crippen LogP contribution in [-0.2, 0) is 9.47 Å². The molecule has 0 aromatic carbocycles. The van der Waals surface area contributed by atoms with Gasteiger partial charge in [-0.25, -0.2) is 0 Å². The van der Waals surface area contributed by atoms with Crippen LogP contribution in [0.15, 0.2) is 47.8 Å². The van der Waals surface area contributed by atoms with Gasteiger partial charge in [0.1, 0.15) is 11.9 Å². The summed E-state index contributed by atoms with van der Waals surface area (Å²) in [6.45, 7) is 7.27. The molecule has 0 unspecified atom stereocenters. The van der Waals surface area contributed by atoms with Crippen LogP contribution in [0.1, 0.15) is 26.2 Å². The van der Waals surface area contributed by atoms with Crippen LogP contribution in [0.3, 0.4) is 0 Å². The Hall–Kier alpha value is -0.990. The lowest BCUT2D eigenvalue weighted by atomic mass is 10.2. The van der Waals surface area contributed by atoms with Crippen molar-refractivity contribution in [2.75, 3.05) is 13.2 Å². The van der Waals surface area contributed by atoms with E-state index in [0.717, 1.165) is 30.9 Å². The van der Waals surface area contributed by atoms with Crippen molar-refractivity contribution in [1.29, 1.82) is 0 Å². The fourth-order valence-corrected chi connectivity index (χ4v) is 1.85. The van der Waals surface area contributed by atoms with Crippen molar-refractivity contribution in [2.45, 2.75) is 32.3 Å². The summed E-state index contributed by atoms with van der Waals surface area (Å²) in [6.07, 6.45) is 12.7. The summed E-state index contributed by atoms with van der Waals surface area (Å²) < 4.78 is 10.8. The first-order valence-electron chi connectivity index (χ1n) is 6.30. The molecular weight excluding hydrogens is 248 g/mol. The normalized spacial score (nSPS) is 21.0. The molecule has 1 atom stereocenters. The van der Waals surface area contributed by atoms with Crippen LogP contribution in [0, 0.1) is 0 Å². The van der Waals surface area contributed by atoms with E-state index < -0.39 is 0 Å². The van der Waals surface area contributed by atoms with Gasteiger partial charge >= 0.3 is 0 Å². The van der Waals surface area contributed by atoms with Gasteiger partial charge in [-0.15, -0.1) is 0 Å². The fraction of sp³-hybridized carbons (Fsp3) is 0.467. The molecule has 100 valence electrons. The second-order valence-corrected chi connectivity index (χ2v) is 4.57. The van der Waals surface area contributed by atoms with E-state index in [0.29, 0.717) is 12.4 Å². The number of rotatable bonds is 7. The van der Waals surface area contributed by atoms with Gasteiger partial charge in [0.15, 0.2) is 0 Å². The monoisotopic (exact) mass is 268 g/mol. The Morgan fingerprint density at radius 1 is 1.44 bits per heavy atom. The van der Waals surface area contributed by atoms with Crippen LogP contribution in [0.25, 0.3) is 0 Å². The maximum atomic E-state index is 5.93. The Kier molecular flexibility index (Phi) is 7.54. The highest BCUT2D eigenvalue weighted by Gasteiger charge is 2.16. The maximum Gasteiger partial charge on any atom is 0.124 e. The van der Waals surface area contributed by atoms with Crippen molar-refractivity contribution in [3.05, 3.63) is 47.8 Å². The quantitative estimate of drug-likeness (QED) is 0.388. The van der Waals surface area contributed by atoms with Gasteiger partial charge in [0.05, 0.1) is 13.2 Å². The third-order valence-corrected chi connectivity index (χ3v) is 2.79. The molecular formula is C15H21ClO2. The molecule has 18 heavy (non-hydrogen) atoms. The van der Waals surface area contributed by atoms with E-state index in [1.807, 2.05) is 31.2 Å². The van der Waals surface area contributed by atoms with E-state index in [1.54, 1.807) is 0 Å². The lowest BCUT2D eigenvalue weighted by Crippen LogP contribution is -2.10. The van der Waals surface area contributed by atoms with Gasteiger partial charge in [-0.05, 0) is 31.9 Å². The Labute approximate surface area is 115 Å². The number of allylic oxidation sites excluding steroid dienone is 6. The molecule has 0 amide bonds. The van der Waals surface area contributed by atoms with Gasteiger partial charge in [-0.2, -0.15) is 0 Å². The average molecular weight is 269 g/mol. The van der Waals surface area contributed by atoms with Crippen molar-refractivity contribution in [3.8, 4) is 0 Å². The largest absolute Gasteiger partial charge is 0.489 e. The van der Waals surface area contributed by atoms with Crippen LogP contribution in [0.2, 0.25) is 0 Å². The van der Waals surface area contributed by atoms with E-state index in [-0.39, 0.29) is 6.10 Å². The molecule has 1 saturated heterocycles. The third kappa shape index (κ3) is 6.67. The van der Waals surface area contributed by atoms with Gasteiger partial charge in [0.2, 0.25) is 0 Å². The molecule has 0 radical (unpaired) electrons. The van der Waals surface area contributed by atoms with Gasteiger partial charge in [0, 0.05) is 11.5 Å². The lowest BCUT2D eigenvalue weighted by molar-refractivity contribution is 0.0987. The summed E-state index contributed by atoms with van der Waals surface area (Å²) in [6, 6.07) is 0. The van der Waals surface area contributed by atoms with Gasteiger partial charge in [0.25, 0.3) is 0 Å². The van der Waals surface area contributed by atoms with E-state index in [4.69, 9.17) is 21.1 Å². The summed E-state index contributed by atoms with van der Waals surface area (Å²) in [4.78, 5) is 0. The number of halogens is 1. The Morgan fingerprint density at radius 2 is 2.28 bits per heavy atom. The second-order valence-electron chi connectivity index (χ2n) is 4.14. The molecule has 0 bridgehead atoms. The maximum absolute atomic E-state index is 5.93. The van der Waals surface area contributed by atoms with Gasteiger partial charge in [-0.3, -0.25) is 0 Å². The highest BCUT2D eigenvalue weighted by Crippen LogP contribution is 2.13. The smallest absolute Gasteiger partial charge is 0.124 e. The highest BCUT2D eigenvalue weighted by atomic mass is 35.5. The zero-order valence-electron chi connectivity index (χ0n) is 10.9. The Morgan fingerprint density at radius 3 is 2.94 bits per heavy atom. The van der Waals surface area contributed by atoms with Crippen molar-refractivity contribution in [3.63, 3.8) is 0 Å². The lowest BCUT2D eigenvalue weighted by Gasteiger charge is -2.10. The molecule has 0 aliphatic carbocycles. The molecule has 1 aliphatic heterocycles. The minimum Gasteiger partial charge on any atom is -0.489 e. The molecule has 1 fully saturated rings. The molecule has 2 nitrogen and oxygen atoms in total. The molecule has 1 heterocycles. The number of ether oxygens (including phenoxy) is 2. The summed E-state index contributed by atoms with van der Waals surface area (Å²) in [5.74, 6) is 0.703. The predicted molar refractivity (Wildman–Crippen MR) is 76.6 cm³/mol. The Balaban J connectivity index is 2.15. The van der Waals surface area contributed by atoms with Crippen molar-refractivity contribution in [2.24, 2.45) is 0 Å². The average Bonchev–Trinajstić information content (AvgIpc) is 2.81. The molecule has 3 heteroatoms. The van der Waals surface area contributed by atoms with E-state index in [1.165, 1.54) is 0 Å². The van der Waals surface area contributed by atoms with Crippen molar-refractivity contribution in [1.82, 2.24) is 0 Å². The van der Waals surface area contributed by atoms with Crippen LogP contribution in [0.5, 0.6) is 0 Å². The highest BCUT2D eigenvalue weighted by molar-refractivity contribution is 6.31. The number of unbranched alkanes of at least 4 members (excludes halogenated alkanes) is 1. The van der Waals surface area contributed by atoms with Gasteiger partial charge < -0.3 is 9.47 Å². The van der Waals surface area contributed by atoms with E-state index in [9.17, 15) is 0 Å². The molecule has 0 N–H and O–H groups in total. The minimum atomic E-state index is 0.172. The van der Waals surface area contributed by atoms with Gasteiger partial charge in [-0.1, -0.05) is 36.4 Å². The molecule has 0 saturated carbocycles. The molecule has 0 spiro atoms. The molecule has 1 rings (SSSR count). The first-order valence-corrected chi connectivity index (χ1v) is 6.68. The first-order chi connectivity index (χ1) is 8.72. The zero-order chi connectivity index (χ0) is 13.2. The van der Waals surface area contributed by atoms with Crippen molar-refractivity contribution < 1.29 is 9.47 Å². The SMILES string of the molecule is C=C(/C=C\CC/C=C(Cl)/C=C\C)O[C@H]1CCOC1. The standard InChI is InChI=1S/C15H21ClO2/c1-3-7-14(16)9-6-4-5-8-13(2)18-15-10-11-17-12-15/h3,5,7-9,15H,2,4,6,10-12H2,1H3/b7-3-,8-5-,14-9-/t15-/m0/s1. The number of hydrogen-bond donors (Lipinski definition) is 0. The Bertz CT molecular complexity index is 336. The fourth-order valence-electron chi connectivity index (χ4n) is 1.62. The zero-order valence-corrected chi connectivity index (χ0v) is 11.7. The van der Waals surface area contributed by atoms with E-state index in [2.05, 4.69) is 12.7 Å². The summed E-state index contributed by atoms with van der Waals surface area (Å²) in [7, 11) is 0. The molecule has 0 aromatic heterocycles. The molecule has 0 aromatic rings. The van der Waals surface area contributed by atoms with Crippen LogP contribution in [0.4, 0.5) is 0 Å². The second kappa shape index (κ2) is 9.01. The van der Waals surface area contributed by atoms with Crippen molar-refractivity contribution >= 4 is 11.6 Å². The third-order valence-electron chi connectivity index (χ3n) is 2.51. The van der Waals surface area contributed by atoms with E-state index >= 15 is 0 Å². The van der Waals surface area contributed by atoms with Crippen LogP contribution >= 0.6 is 11.6 Å². The first kappa shape index (κ1) is 15.1. The summed E-state index contributed by atoms with van der Waals surface area (Å²) in [5, 5.41) is 0.782.